The van der Waals surface area contributed by atoms with Crippen molar-refractivity contribution < 1.29 is 22.9 Å². The summed E-state index contributed by atoms with van der Waals surface area (Å²) < 4.78 is 38.4. The Labute approximate surface area is 131 Å². The minimum Gasteiger partial charge on any atom is -0.279 e. The fourth-order valence-corrected chi connectivity index (χ4v) is 2.60. The van der Waals surface area contributed by atoms with E-state index in [0.717, 1.165) is 16.8 Å². The van der Waals surface area contributed by atoms with Crippen molar-refractivity contribution in [3.63, 3.8) is 0 Å². The van der Waals surface area contributed by atoms with E-state index in [1.165, 1.54) is 14.0 Å². The van der Waals surface area contributed by atoms with Crippen molar-refractivity contribution in [2.75, 3.05) is 0 Å². The Hall–Kier alpha value is -2.43. The van der Waals surface area contributed by atoms with Crippen molar-refractivity contribution in [1.82, 2.24) is 14.8 Å². The fourth-order valence-electron chi connectivity index (χ4n) is 1.85. The molecule has 2 aromatic heterocycles. The van der Waals surface area contributed by atoms with Crippen molar-refractivity contribution >= 4 is 22.6 Å². The summed E-state index contributed by atoms with van der Waals surface area (Å²) in [5, 5.41) is 14.1. The maximum Gasteiger partial charge on any atom is 0.417 e. The molecule has 2 heterocycles. The molecule has 0 aliphatic rings. The Balaban J connectivity index is 2.28. The second-order valence-electron chi connectivity index (χ2n) is 4.44. The Morgan fingerprint density at radius 2 is 2.04 bits per heavy atom. The predicted octanol–water partition coefficient (Wildman–Crippen LogP) is 2.98. The summed E-state index contributed by atoms with van der Waals surface area (Å²) in [5.74, 6) is 0. The molecule has 0 fully saturated rings. The fraction of sp³-hybridized carbons (Fsp3) is 0.250. The zero-order valence-corrected chi connectivity index (χ0v) is 12.6. The number of hydrogen-bond donors (Lipinski definition) is 0. The Morgan fingerprint density at radius 3 is 2.52 bits per heavy atom. The number of thioether (sulfide) groups is 1. The van der Waals surface area contributed by atoms with Crippen LogP contribution in [0.2, 0.25) is 0 Å². The van der Waals surface area contributed by atoms with Gasteiger partial charge < -0.3 is 0 Å². The molecule has 0 N–H and O–H groups in total. The van der Waals surface area contributed by atoms with E-state index in [9.17, 15) is 28.1 Å². The highest BCUT2D eigenvalue weighted by molar-refractivity contribution is 8.14. The zero-order valence-electron chi connectivity index (χ0n) is 11.8. The predicted molar refractivity (Wildman–Crippen MR) is 74.0 cm³/mol. The largest absolute Gasteiger partial charge is 0.417 e. The SMILES string of the molecule is Cc1nn(C)c(C(=O)Sc2ccc(C(F)(F)F)cn2)c1[N+](=O)[O-]. The highest BCUT2D eigenvalue weighted by Crippen LogP contribution is 2.32. The topological polar surface area (TPSA) is 90.9 Å². The van der Waals surface area contributed by atoms with Crippen molar-refractivity contribution in [1.29, 1.82) is 0 Å². The van der Waals surface area contributed by atoms with Crippen LogP contribution in [0.1, 0.15) is 21.7 Å². The van der Waals surface area contributed by atoms with Crippen LogP contribution in [0.3, 0.4) is 0 Å². The van der Waals surface area contributed by atoms with E-state index in [4.69, 9.17) is 0 Å². The van der Waals surface area contributed by atoms with Gasteiger partial charge in [0.05, 0.1) is 10.5 Å². The number of alkyl halides is 3. The maximum atomic E-state index is 12.4. The first kappa shape index (κ1) is 16.9. The van der Waals surface area contributed by atoms with Crippen LogP contribution in [0.4, 0.5) is 18.9 Å². The van der Waals surface area contributed by atoms with Crippen LogP contribution in [-0.4, -0.2) is 24.8 Å². The number of nitro groups is 1. The molecule has 0 amide bonds. The van der Waals surface area contributed by atoms with Gasteiger partial charge in [0.2, 0.25) is 0 Å². The molecule has 0 atom stereocenters. The number of nitrogens with zero attached hydrogens (tertiary/aromatic N) is 4. The molecule has 0 aliphatic heterocycles. The summed E-state index contributed by atoms with van der Waals surface area (Å²) in [6.45, 7) is 1.38. The molecule has 2 aromatic rings. The number of rotatable bonds is 3. The molecule has 0 bridgehead atoms. The lowest BCUT2D eigenvalue weighted by Gasteiger charge is -2.06. The second-order valence-corrected chi connectivity index (χ2v) is 5.43. The summed E-state index contributed by atoms with van der Waals surface area (Å²) in [6, 6.07) is 1.81. The van der Waals surface area contributed by atoms with Gasteiger partial charge in [0.1, 0.15) is 10.7 Å². The van der Waals surface area contributed by atoms with Crippen molar-refractivity contribution in [3.8, 4) is 0 Å². The molecule has 122 valence electrons. The summed E-state index contributed by atoms with van der Waals surface area (Å²) in [6.07, 6.45) is -3.93. The molecule has 11 heteroatoms. The number of carbonyl (C=O) groups excluding carboxylic acids is 1. The van der Waals surface area contributed by atoms with Crippen LogP contribution >= 0.6 is 11.8 Å². The minimum atomic E-state index is -4.53. The molecule has 7 nitrogen and oxygen atoms in total. The summed E-state index contributed by atoms with van der Waals surface area (Å²) >= 11 is 0.492. The Kier molecular flexibility index (Phi) is 4.41. The van der Waals surface area contributed by atoms with Crippen molar-refractivity contribution in [2.24, 2.45) is 7.05 Å². The Morgan fingerprint density at radius 1 is 1.39 bits per heavy atom. The van der Waals surface area contributed by atoms with Crippen LogP contribution in [0, 0.1) is 17.0 Å². The van der Waals surface area contributed by atoms with Gasteiger partial charge in [0.15, 0.2) is 5.69 Å². The smallest absolute Gasteiger partial charge is 0.279 e. The van der Waals surface area contributed by atoms with Gasteiger partial charge in [0.25, 0.3) is 5.12 Å². The lowest BCUT2D eigenvalue weighted by molar-refractivity contribution is -0.385. The highest BCUT2D eigenvalue weighted by Gasteiger charge is 2.32. The van der Waals surface area contributed by atoms with E-state index in [0.29, 0.717) is 18.0 Å². The molecule has 0 saturated heterocycles. The molecule has 0 spiro atoms. The van der Waals surface area contributed by atoms with Crippen LogP contribution in [-0.2, 0) is 13.2 Å². The number of halogens is 3. The molecule has 2 rings (SSSR count). The molecule has 23 heavy (non-hydrogen) atoms. The number of hydrogen-bond acceptors (Lipinski definition) is 6. The average molecular weight is 346 g/mol. The number of pyridine rings is 1. The first-order chi connectivity index (χ1) is 10.6. The van der Waals surface area contributed by atoms with E-state index in [1.54, 1.807) is 0 Å². The molecule has 0 saturated carbocycles. The van der Waals surface area contributed by atoms with Crippen molar-refractivity contribution in [2.45, 2.75) is 18.1 Å². The second kappa shape index (κ2) is 5.99. The van der Waals surface area contributed by atoms with Crippen LogP contribution in [0.15, 0.2) is 23.4 Å². The molecular weight excluding hydrogens is 337 g/mol. The molecule has 0 radical (unpaired) electrons. The third-order valence-corrected chi connectivity index (χ3v) is 3.66. The number of carbonyl (C=O) groups is 1. The average Bonchev–Trinajstić information content (AvgIpc) is 2.73. The van der Waals surface area contributed by atoms with Crippen LogP contribution in [0.5, 0.6) is 0 Å². The van der Waals surface area contributed by atoms with Gasteiger partial charge in [-0.25, -0.2) is 4.98 Å². The van der Waals surface area contributed by atoms with Gasteiger partial charge in [-0.3, -0.25) is 19.6 Å². The normalized spacial score (nSPS) is 11.5. The molecular formula is C12H9F3N4O3S. The van der Waals surface area contributed by atoms with Gasteiger partial charge in [-0.15, -0.1) is 0 Å². The van der Waals surface area contributed by atoms with Gasteiger partial charge in [-0.1, -0.05) is 0 Å². The van der Waals surface area contributed by atoms with Gasteiger partial charge in [-0.2, -0.15) is 18.3 Å². The van der Waals surface area contributed by atoms with Gasteiger partial charge >= 0.3 is 11.9 Å². The maximum absolute atomic E-state index is 12.4. The van der Waals surface area contributed by atoms with Gasteiger partial charge in [-0.05, 0) is 30.8 Å². The summed E-state index contributed by atoms with van der Waals surface area (Å²) in [7, 11) is 1.37. The zero-order chi connectivity index (χ0) is 17.4. The standard InChI is InChI=1S/C12H9F3N4O3S/c1-6-9(19(21)22)10(18(2)17-6)11(20)23-8-4-3-7(5-16-8)12(13,14)15/h3-5H,1-2H3. The van der Waals surface area contributed by atoms with E-state index >= 15 is 0 Å². The Bertz CT molecular complexity index is 771. The lowest BCUT2D eigenvalue weighted by Crippen LogP contribution is -2.07. The monoisotopic (exact) mass is 346 g/mol. The molecule has 0 aliphatic carbocycles. The van der Waals surface area contributed by atoms with Crippen LogP contribution < -0.4 is 0 Å². The first-order valence-corrected chi connectivity index (χ1v) is 6.86. The quantitative estimate of drug-likeness (QED) is 0.482. The highest BCUT2D eigenvalue weighted by atomic mass is 32.2. The van der Waals surface area contributed by atoms with E-state index in [-0.39, 0.29) is 16.4 Å². The number of aryl methyl sites for hydroxylation is 2. The van der Waals surface area contributed by atoms with E-state index in [2.05, 4.69) is 10.1 Å². The third kappa shape index (κ3) is 3.50. The summed E-state index contributed by atoms with van der Waals surface area (Å²) in [5.41, 5.74) is -1.56. The molecule has 0 aromatic carbocycles. The molecule has 0 unspecified atom stereocenters. The van der Waals surface area contributed by atoms with Crippen molar-refractivity contribution in [3.05, 3.63) is 45.4 Å². The minimum absolute atomic E-state index is 0.00356. The van der Waals surface area contributed by atoms with E-state index < -0.39 is 27.5 Å². The van der Waals surface area contributed by atoms with Crippen LogP contribution in [0.25, 0.3) is 0 Å². The number of aromatic nitrogens is 3. The van der Waals surface area contributed by atoms with Gasteiger partial charge in [0, 0.05) is 13.2 Å². The third-order valence-electron chi connectivity index (χ3n) is 2.83. The lowest BCUT2D eigenvalue weighted by atomic mass is 10.3. The summed E-state index contributed by atoms with van der Waals surface area (Å²) in [4.78, 5) is 26.0. The first-order valence-electron chi connectivity index (χ1n) is 6.04. The van der Waals surface area contributed by atoms with E-state index in [1.807, 2.05) is 0 Å².